The summed E-state index contributed by atoms with van der Waals surface area (Å²) in [5.41, 5.74) is 1.82. The second-order valence-electron chi connectivity index (χ2n) is 3.99. The number of nitro groups is 1. The van der Waals surface area contributed by atoms with Crippen LogP contribution in [0.25, 0.3) is 0 Å². The average Bonchev–Trinajstić information content (AvgIpc) is 2.41. The zero-order chi connectivity index (χ0) is 15.1. The topological polar surface area (TPSA) is 127 Å². The number of benzene rings is 1. The van der Waals surface area contributed by atoms with Crippen LogP contribution in [0.2, 0.25) is 0 Å². The highest BCUT2D eigenvalue weighted by atomic mass is 32.2. The molecule has 0 radical (unpaired) electrons. The molecule has 20 heavy (non-hydrogen) atoms. The summed E-state index contributed by atoms with van der Waals surface area (Å²) in [7, 11) is -0.928. The van der Waals surface area contributed by atoms with Crippen LogP contribution in [0.1, 0.15) is 16.8 Å². The van der Waals surface area contributed by atoms with Crippen molar-refractivity contribution < 1.29 is 13.9 Å². The Morgan fingerprint density at radius 3 is 2.75 bits per heavy atom. The Balaban J connectivity index is 2.82. The predicted molar refractivity (Wildman–Crippen MR) is 76.8 cm³/mol. The van der Waals surface area contributed by atoms with Crippen molar-refractivity contribution in [3.63, 3.8) is 0 Å². The van der Waals surface area contributed by atoms with E-state index in [1.54, 1.807) is 6.26 Å². The molecule has 0 heterocycles. The van der Waals surface area contributed by atoms with Gasteiger partial charge in [-0.1, -0.05) is 6.07 Å². The Kier molecular flexibility index (Phi) is 6.07. The molecule has 1 aromatic carbocycles. The van der Waals surface area contributed by atoms with E-state index < -0.39 is 21.6 Å². The van der Waals surface area contributed by atoms with Gasteiger partial charge >= 0.3 is 5.69 Å². The van der Waals surface area contributed by atoms with Crippen LogP contribution < -0.4 is 16.6 Å². The quantitative estimate of drug-likeness (QED) is 0.289. The minimum Gasteiger partial charge on any atom is -0.352 e. The number of carbonyl (C=O) groups is 1. The van der Waals surface area contributed by atoms with Crippen molar-refractivity contribution in [3.8, 4) is 0 Å². The Labute approximate surface area is 118 Å². The molecule has 4 N–H and O–H groups in total. The summed E-state index contributed by atoms with van der Waals surface area (Å²) < 4.78 is 10.9. The number of carbonyl (C=O) groups excluding carboxylic acids is 1. The molecule has 9 heteroatoms. The minimum atomic E-state index is -0.928. The van der Waals surface area contributed by atoms with Crippen LogP contribution in [-0.4, -0.2) is 33.6 Å². The maximum atomic E-state index is 11.9. The molecule has 0 fully saturated rings. The van der Waals surface area contributed by atoms with E-state index in [1.165, 1.54) is 18.2 Å². The van der Waals surface area contributed by atoms with Crippen LogP contribution in [-0.2, 0) is 10.8 Å². The molecule has 110 valence electrons. The predicted octanol–water partition coefficient (Wildman–Crippen LogP) is 0.379. The summed E-state index contributed by atoms with van der Waals surface area (Å²) in [6, 6.07) is 4.26. The third-order valence-corrected chi connectivity index (χ3v) is 3.38. The summed E-state index contributed by atoms with van der Waals surface area (Å²) in [6.07, 6.45) is 2.11. The molecule has 0 bridgehead atoms. The van der Waals surface area contributed by atoms with Crippen LogP contribution in [0.15, 0.2) is 18.2 Å². The van der Waals surface area contributed by atoms with Crippen LogP contribution in [0.5, 0.6) is 0 Å². The number of nitrogen functional groups attached to an aromatic ring is 1. The fourth-order valence-electron chi connectivity index (χ4n) is 1.61. The molecule has 0 saturated carbocycles. The van der Waals surface area contributed by atoms with Crippen molar-refractivity contribution in [2.45, 2.75) is 6.42 Å². The monoisotopic (exact) mass is 300 g/mol. The Morgan fingerprint density at radius 2 is 2.20 bits per heavy atom. The second-order valence-corrected chi connectivity index (χ2v) is 5.54. The lowest BCUT2D eigenvalue weighted by Crippen LogP contribution is -2.26. The fourth-order valence-corrected chi connectivity index (χ4v) is 2.16. The number of hydrazine groups is 1. The zero-order valence-corrected chi connectivity index (χ0v) is 11.7. The molecule has 1 unspecified atom stereocenters. The number of hydrogen-bond donors (Lipinski definition) is 3. The highest BCUT2D eigenvalue weighted by molar-refractivity contribution is 7.84. The molecule has 1 atom stereocenters. The van der Waals surface area contributed by atoms with E-state index in [2.05, 4.69) is 10.7 Å². The van der Waals surface area contributed by atoms with Gasteiger partial charge in [-0.25, -0.2) is 0 Å². The molecular formula is C11H16N4O4S. The van der Waals surface area contributed by atoms with Crippen molar-refractivity contribution in [2.75, 3.05) is 24.0 Å². The van der Waals surface area contributed by atoms with Gasteiger partial charge in [-0.3, -0.25) is 25.0 Å². The van der Waals surface area contributed by atoms with Gasteiger partial charge in [0.2, 0.25) is 0 Å². The van der Waals surface area contributed by atoms with Crippen molar-refractivity contribution >= 4 is 28.1 Å². The van der Waals surface area contributed by atoms with Crippen molar-refractivity contribution in [1.82, 2.24) is 5.32 Å². The molecule has 8 nitrogen and oxygen atoms in total. The molecule has 0 aliphatic rings. The lowest BCUT2D eigenvalue weighted by molar-refractivity contribution is -0.384. The van der Waals surface area contributed by atoms with Gasteiger partial charge in [0.1, 0.15) is 11.3 Å². The summed E-state index contributed by atoms with van der Waals surface area (Å²) in [6.45, 7) is 0.301. The molecule has 0 saturated heterocycles. The maximum absolute atomic E-state index is 11.9. The number of nitrogens with one attached hydrogen (secondary N) is 2. The average molecular weight is 300 g/mol. The minimum absolute atomic E-state index is 0.0666. The highest BCUT2D eigenvalue weighted by Gasteiger charge is 2.23. The largest absolute Gasteiger partial charge is 0.352 e. The van der Waals surface area contributed by atoms with Gasteiger partial charge in [-0.15, -0.1) is 0 Å². The fraction of sp³-hybridized carbons (Fsp3) is 0.364. The van der Waals surface area contributed by atoms with Gasteiger partial charge in [0, 0.05) is 29.4 Å². The molecule has 0 aromatic heterocycles. The summed E-state index contributed by atoms with van der Waals surface area (Å²) in [4.78, 5) is 22.3. The molecule has 1 aromatic rings. The van der Waals surface area contributed by atoms with Crippen LogP contribution in [0.4, 0.5) is 11.4 Å². The highest BCUT2D eigenvalue weighted by Crippen LogP contribution is 2.27. The Morgan fingerprint density at radius 1 is 1.50 bits per heavy atom. The van der Waals surface area contributed by atoms with E-state index in [4.69, 9.17) is 5.84 Å². The number of anilines is 1. The number of amides is 1. The normalized spacial score (nSPS) is 11.7. The summed E-state index contributed by atoms with van der Waals surface area (Å²) in [5, 5.41) is 13.6. The van der Waals surface area contributed by atoms with E-state index >= 15 is 0 Å². The van der Waals surface area contributed by atoms with E-state index in [1.807, 2.05) is 0 Å². The van der Waals surface area contributed by atoms with Crippen LogP contribution in [0, 0.1) is 10.1 Å². The van der Waals surface area contributed by atoms with E-state index in [9.17, 15) is 19.1 Å². The molecule has 0 spiro atoms. The smallest absolute Gasteiger partial charge is 0.306 e. The number of hydrogen-bond acceptors (Lipinski definition) is 6. The summed E-state index contributed by atoms with van der Waals surface area (Å²) in [5.74, 6) is 5.10. The molecule has 0 aliphatic heterocycles. The Bertz CT molecular complexity index is 535. The second kappa shape index (κ2) is 7.56. The molecule has 1 rings (SSSR count). The van der Waals surface area contributed by atoms with Gasteiger partial charge in [0.15, 0.2) is 0 Å². The number of rotatable bonds is 7. The lowest BCUT2D eigenvalue weighted by Gasteiger charge is -2.08. The van der Waals surface area contributed by atoms with E-state index in [0.717, 1.165) is 0 Å². The van der Waals surface area contributed by atoms with Crippen molar-refractivity contribution in [2.24, 2.45) is 5.84 Å². The number of nitrogens with two attached hydrogens (primary N) is 1. The van der Waals surface area contributed by atoms with Gasteiger partial charge < -0.3 is 10.7 Å². The number of nitro benzene ring substituents is 1. The first-order valence-corrected chi connectivity index (χ1v) is 7.52. The number of nitrogens with zero attached hydrogens (tertiary/aromatic N) is 1. The lowest BCUT2D eigenvalue weighted by atomic mass is 10.1. The van der Waals surface area contributed by atoms with Crippen LogP contribution in [0.3, 0.4) is 0 Å². The molecule has 1 amide bonds. The molecular weight excluding hydrogens is 284 g/mol. The van der Waals surface area contributed by atoms with Gasteiger partial charge in [-0.05, 0) is 18.6 Å². The van der Waals surface area contributed by atoms with Gasteiger partial charge in [-0.2, -0.15) is 0 Å². The van der Waals surface area contributed by atoms with Gasteiger partial charge in [0.05, 0.1) is 4.92 Å². The third kappa shape index (κ3) is 4.28. The first-order chi connectivity index (χ1) is 9.47. The van der Waals surface area contributed by atoms with Crippen molar-refractivity contribution in [3.05, 3.63) is 33.9 Å². The SMILES string of the molecule is CS(=O)CCCNC(=O)c1cccc(NN)c1[N+](=O)[O-]. The first kappa shape index (κ1) is 16.1. The maximum Gasteiger partial charge on any atom is 0.306 e. The Hall–Kier alpha value is -2.00. The molecule has 0 aliphatic carbocycles. The van der Waals surface area contributed by atoms with Gasteiger partial charge in [0.25, 0.3) is 5.91 Å². The standard InChI is InChI=1S/C11H16N4O4S/c1-20(19)7-3-6-13-11(16)8-4-2-5-9(14-12)10(8)15(17)18/h2,4-5,14H,3,6-7,12H2,1H3,(H,13,16). The van der Waals surface area contributed by atoms with E-state index in [0.29, 0.717) is 18.7 Å². The third-order valence-electron chi connectivity index (χ3n) is 2.51. The number of para-hydroxylation sites is 1. The first-order valence-electron chi connectivity index (χ1n) is 5.79. The summed E-state index contributed by atoms with van der Waals surface area (Å²) >= 11 is 0. The van der Waals surface area contributed by atoms with E-state index in [-0.39, 0.29) is 16.9 Å². The van der Waals surface area contributed by atoms with Crippen LogP contribution >= 0.6 is 0 Å². The zero-order valence-electron chi connectivity index (χ0n) is 10.9. The van der Waals surface area contributed by atoms with Crippen molar-refractivity contribution in [1.29, 1.82) is 0 Å².